The summed E-state index contributed by atoms with van der Waals surface area (Å²) < 4.78 is 4.91. The maximum absolute atomic E-state index is 11.7. The molecule has 0 aliphatic heterocycles. The number of carbonyl (C=O) groups excluding carboxylic acids is 2. The second kappa shape index (κ2) is 8.11. The molecule has 0 radical (unpaired) electrons. The van der Waals surface area contributed by atoms with Crippen LogP contribution >= 0.6 is 0 Å². The first kappa shape index (κ1) is 15.0. The smallest absolute Gasteiger partial charge is 0.307 e. The zero-order chi connectivity index (χ0) is 13.4. The van der Waals surface area contributed by atoms with E-state index in [0.717, 1.165) is 12.8 Å². The Morgan fingerprint density at radius 1 is 1.17 bits per heavy atom. The summed E-state index contributed by atoms with van der Waals surface area (Å²) in [7, 11) is 0. The molecule has 0 atom stereocenters. The van der Waals surface area contributed by atoms with Crippen molar-refractivity contribution in [3.05, 3.63) is 0 Å². The quantitative estimate of drug-likeness (QED) is 0.560. The Morgan fingerprint density at radius 2 is 1.78 bits per heavy atom. The Balaban J connectivity index is 2.47. The molecule has 0 saturated heterocycles. The summed E-state index contributed by atoms with van der Waals surface area (Å²) in [5, 5.41) is 0. The minimum atomic E-state index is -0.211. The van der Waals surface area contributed by atoms with Crippen LogP contribution < -0.4 is 0 Å². The molecule has 1 amide bonds. The molecule has 0 bridgehead atoms. The molecule has 0 spiro atoms. The van der Waals surface area contributed by atoms with Gasteiger partial charge in [-0.2, -0.15) is 0 Å². The molecular formula is C14H25NO3. The molecule has 1 fully saturated rings. The third kappa shape index (κ3) is 5.07. The second-order valence-electron chi connectivity index (χ2n) is 4.91. The molecule has 104 valence electrons. The van der Waals surface area contributed by atoms with Crippen molar-refractivity contribution in [1.82, 2.24) is 4.90 Å². The summed E-state index contributed by atoms with van der Waals surface area (Å²) in [6.45, 7) is 4.29. The fourth-order valence-corrected chi connectivity index (χ4v) is 2.61. The molecule has 1 rings (SSSR count). The highest BCUT2D eigenvalue weighted by Crippen LogP contribution is 2.22. The van der Waals surface area contributed by atoms with Crippen LogP contribution in [0.25, 0.3) is 0 Å². The van der Waals surface area contributed by atoms with Crippen LogP contribution in [0.1, 0.15) is 58.8 Å². The number of hydrogen-bond donors (Lipinski definition) is 0. The predicted molar refractivity (Wildman–Crippen MR) is 70.1 cm³/mol. The number of carbonyl (C=O) groups is 2. The molecule has 1 saturated carbocycles. The summed E-state index contributed by atoms with van der Waals surface area (Å²) in [5.41, 5.74) is 0. The first-order valence-corrected chi connectivity index (χ1v) is 7.08. The van der Waals surface area contributed by atoms with Gasteiger partial charge in [0, 0.05) is 19.5 Å². The van der Waals surface area contributed by atoms with Crippen molar-refractivity contribution in [2.75, 3.05) is 13.2 Å². The Hall–Kier alpha value is -1.06. The lowest BCUT2D eigenvalue weighted by molar-refractivity contribution is -0.144. The SMILES string of the molecule is CCOC(=O)CCN(C(C)=O)C1CCCCCC1. The molecular weight excluding hydrogens is 230 g/mol. The van der Waals surface area contributed by atoms with E-state index in [0.29, 0.717) is 25.6 Å². The van der Waals surface area contributed by atoms with Gasteiger partial charge in [-0.25, -0.2) is 0 Å². The Labute approximate surface area is 110 Å². The summed E-state index contributed by atoms with van der Waals surface area (Å²) >= 11 is 0. The normalized spacial score (nSPS) is 17.0. The molecule has 1 aliphatic carbocycles. The van der Waals surface area contributed by atoms with Gasteiger partial charge in [-0.15, -0.1) is 0 Å². The molecule has 0 heterocycles. The highest BCUT2D eigenvalue weighted by atomic mass is 16.5. The van der Waals surface area contributed by atoms with Crippen molar-refractivity contribution >= 4 is 11.9 Å². The standard InChI is InChI=1S/C14H25NO3/c1-3-18-14(17)10-11-15(12(2)16)13-8-6-4-5-7-9-13/h13H,3-11H2,1-2H3. The maximum atomic E-state index is 11.7. The van der Waals surface area contributed by atoms with Crippen molar-refractivity contribution in [2.24, 2.45) is 0 Å². The van der Waals surface area contributed by atoms with Crippen molar-refractivity contribution in [1.29, 1.82) is 0 Å². The fourth-order valence-electron chi connectivity index (χ4n) is 2.61. The number of amides is 1. The molecule has 0 N–H and O–H groups in total. The van der Waals surface area contributed by atoms with Crippen LogP contribution in [-0.2, 0) is 14.3 Å². The van der Waals surface area contributed by atoms with Crippen molar-refractivity contribution in [2.45, 2.75) is 64.8 Å². The molecule has 0 aromatic heterocycles. The van der Waals surface area contributed by atoms with Crippen LogP contribution in [0.3, 0.4) is 0 Å². The lowest BCUT2D eigenvalue weighted by atomic mass is 10.1. The summed E-state index contributed by atoms with van der Waals surface area (Å²) in [5.74, 6) is -0.136. The molecule has 0 aromatic rings. The van der Waals surface area contributed by atoms with Gasteiger partial charge in [0.25, 0.3) is 0 Å². The molecule has 4 heteroatoms. The van der Waals surface area contributed by atoms with Crippen LogP contribution in [0.2, 0.25) is 0 Å². The van der Waals surface area contributed by atoms with Crippen LogP contribution in [0, 0.1) is 0 Å². The first-order valence-electron chi connectivity index (χ1n) is 7.08. The molecule has 0 unspecified atom stereocenters. The van der Waals surface area contributed by atoms with Gasteiger partial charge in [-0.05, 0) is 19.8 Å². The van der Waals surface area contributed by atoms with Gasteiger partial charge < -0.3 is 9.64 Å². The maximum Gasteiger partial charge on any atom is 0.307 e. The van der Waals surface area contributed by atoms with Gasteiger partial charge in [0.1, 0.15) is 0 Å². The largest absolute Gasteiger partial charge is 0.466 e. The number of esters is 1. The fraction of sp³-hybridized carbons (Fsp3) is 0.857. The van der Waals surface area contributed by atoms with E-state index < -0.39 is 0 Å². The zero-order valence-corrected chi connectivity index (χ0v) is 11.6. The highest BCUT2D eigenvalue weighted by molar-refractivity contribution is 5.75. The molecule has 4 nitrogen and oxygen atoms in total. The lowest BCUT2D eigenvalue weighted by Gasteiger charge is -2.30. The van der Waals surface area contributed by atoms with E-state index in [-0.39, 0.29) is 11.9 Å². The Kier molecular flexibility index (Phi) is 6.76. The van der Waals surface area contributed by atoms with Crippen LogP contribution in [0.4, 0.5) is 0 Å². The highest BCUT2D eigenvalue weighted by Gasteiger charge is 2.22. The van der Waals surface area contributed by atoms with Gasteiger partial charge in [0.15, 0.2) is 0 Å². The molecule has 18 heavy (non-hydrogen) atoms. The molecule has 1 aliphatic rings. The summed E-state index contributed by atoms with van der Waals surface area (Å²) in [6.07, 6.45) is 7.36. The first-order chi connectivity index (χ1) is 8.65. The van der Waals surface area contributed by atoms with E-state index in [1.807, 2.05) is 4.90 Å². The van der Waals surface area contributed by atoms with Crippen molar-refractivity contribution < 1.29 is 14.3 Å². The van der Waals surface area contributed by atoms with E-state index >= 15 is 0 Å². The monoisotopic (exact) mass is 255 g/mol. The van der Waals surface area contributed by atoms with Crippen LogP contribution in [0.15, 0.2) is 0 Å². The van der Waals surface area contributed by atoms with Crippen molar-refractivity contribution in [3.8, 4) is 0 Å². The lowest BCUT2D eigenvalue weighted by Crippen LogP contribution is -2.40. The van der Waals surface area contributed by atoms with Crippen LogP contribution in [0.5, 0.6) is 0 Å². The topological polar surface area (TPSA) is 46.6 Å². The van der Waals surface area contributed by atoms with Gasteiger partial charge in [-0.1, -0.05) is 25.7 Å². The number of rotatable bonds is 5. The second-order valence-corrected chi connectivity index (χ2v) is 4.91. The minimum absolute atomic E-state index is 0.0752. The number of ether oxygens (including phenoxy) is 1. The van der Waals surface area contributed by atoms with E-state index in [9.17, 15) is 9.59 Å². The van der Waals surface area contributed by atoms with Crippen molar-refractivity contribution in [3.63, 3.8) is 0 Å². The average Bonchev–Trinajstić information content (AvgIpc) is 2.58. The predicted octanol–water partition coefficient (Wildman–Crippen LogP) is 2.51. The summed E-state index contributed by atoms with van der Waals surface area (Å²) in [6, 6.07) is 0.319. The average molecular weight is 255 g/mol. The number of nitrogens with zero attached hydrogens (tertiary/aromatic N) is 1. The zero-order valence-electron chi connectivity index (χ0n) is 11.6. The van der Waals surface area contributed by atoms with E-state index in [1.165, 1.54) is 25.7 Å². The summed E-state index contributed by atoms with van der Waals surface area (Å²) in [4.78, 5) is 24.9. The number of hydrogen-bond acceptors (Lipinski definition) is 3. The third-order valence-electron chi connectivity index (χ3n) is 3.53. The minimum Gasteiger partial charge on any atom is -0.466 e. The van der Waals surface area contributed by atoms with Gasteiger partial charge in [0.2, 0.25) is 5.91 Å². The van der Waals surface area contributed by atoms with Crippen LogP contribution in [-0.4, -0.2) is 36.0 Å². The van der Waals surface area contributed by atoms with Gasteiger partial charge in [-0.3, -0.25) is 9.59 Å². The van der Waals surface area contributed by atoms with E-state index in [2.05, 4.69) is 0 Å². The van der Waals surface area contributed by atoms with Gasteiger partial charge >= 0.3 is 5.97 Å². The third-order valence-corrected chi connectivity index (χ3v) is 3.53. The van der Waals surface area contributed by atoms with E-state index in [1.54, 1.807) is 13.8 Å². The molecule has 0 aromatic carbocycles. The van der Waals surface area contributed by atoms with Gasteiger partial charge in [0.05, 0.1) is 13.0 Å². The Morgan fingerprint density at radius 3 is 2.28 bits per heavy atom. The Bertz CT molecular complexity index is 270. The van der Waals surface area contributed by atoms with E-state index in [4.69, 9.17) is 4.74 Å².